The average molecular weight is 280 g/mol. The Balaban J connectivity index is 2.25. The summed E-state index contributed by atoms with van der Waals surface area (Å²) in [6.07, 6.45) is 1.19. The lowest BCUT2D eigenvalue weighted by atomic mass is 10.2. The van der Waals surface area contributed by atoms with Crippen LogP contribution < -0.4 is 15.2 Å². The molecule has 5 nitrogen and oxygen atoms in total. The minimum absolute atomic E-state index is 0.135. The summed E-state index contributed by atoms with van der Waals surface area (Å²) in [5.74, 6) is 1.72. The van der Waals surface area contributed by atoms with E-state index in [1.807, 2.05) is 31.2 Å². The van der Waals surface area contributed by atoms with Crippen molar-refractivity contribution in [3.63, 3.8) is 0 Å². The van der Waals surface area contributed by atoms with Gasteiger partial charge in [-0.3, -0.25) is 4.79 Å². The largest absolute Gasteiger partial charge is 0.497 e. The second kappa shape index (κ2) is 9.20. The van der Waals surface area contributed by atoms with Crippen molar-refractivity contribution in [2.24, 2.45) is 5.73 Å². The summed E-state index contributed by atoms with van der Waals surface area (Å²) in [6.45, 7) is 4.31. The molecule has 112 valence electrons. The molecule has 0 aromatic heterocycles. The molecule has 1 amide bonds. The molecular weight excluding hydrogens is 256 g/mol. The second-order valence-electron chi connectivity index (χ2n) is 4.39. The van der Waals surface area contributed by atoms with Gasteiger partial charge in [-0.05, 0) is 37.6 Å². The normalized spacial score (nSPS) is 10.2. The third-order valence-electron chi connectivity index (χ3n) is 3.00. The molecule has 0 aliphatic carbocycles. The van der Waals surface area contributed by atoms with E-state index in [9.17, 15) is 4.79 Å². The fraction of sp³-hybridized carbons (Fsp3) is 0.533. The van der Waals surface area contributed by atoms with Crippen LogP contribution >= 0.6 is 0 Å². The molecule has 20 heavy (non-hydrogen) atoms. The summed E-state index contributed by atoms with van der Waals surface area (Å²) >= 11 is 0. The summed E-state index contributed by atoms with van der Waals surface area (Å²) in [5.41, 5.74) is 5.47. The summed E-state index contributed by atoms with van der Waals surface area (Å²) in [7, 11) is 1.63. The van der Waals surface area contributed by atoms with Gasteiger partial charge < -0.3 is 20.1 Å². The van der Waals surface area contributed by atoms with Gasteiger partial charge >= 0.3 is 0 Å². The zero-order valence-corrected chi connectivity index (χ0v) is 12.3. The Bertz CT molecular complexity index is 393. The maximum absolute atomic E-state index is 11.9. The van der Waals surface area contributed by atoms with Crippen LogP contribution in [0.25, 0.3) is 0 Å². The molecule has 0 aliphatic rings. The summed E-state index contributed by atoms with van der Waals surface area (Å²) in [5, 5.41) is 0. The maximum atomic E-state index is 11.9. The van der Waals surface area contributed by atoms with Crippen LogP contribution in [0.4, 0.5) is 0 Å². The number of likely N-dealkylation sites (N-methyl/N-ethyl adjacent to an activating group) is 1. The molecule has 5 heteroatoms. The Morgan fingerprint density at radius 3 is 2.45 bits per heavy atom. The predicted octanol–water partition coefficient (Wildman–Crippen LogP) is 1.66. The molecule has 2 N–H and O–H groups in total. The fourth-order valence-corrected chi connectivity index (χ4v) is 1.86. The third-order valence-corrected chi connectivity index (χ3v) is 3.00. The number of carbonyl (C=O) groups excluding carboxylic acids is 1. The average Bonchev–Trinajstić information content (AvgIpc) is 2.49. The fourth-order valence-electron chi connectivity index (χ4n) is 1.86. The molecule has 0 radical (unpaired) electrons. The van der Waals surface area contributed by atoms with E-state index in [-0.39, 0.29) is 5.91 Å². The molecule has 0 fully saturated rings. The van der Waals surface area contributed by atoms with Gasteiger partial charge in [0.2, 0.25) is 5.91 Å². The van der Waals surface area contributed by atoms with E-state index in [2.05, 4.69) is 0 Å². The Morgan fingerprint density at radius 2 is 1.90 bits per heavy atom. The number of amides is 1. The van der Waals surface area contributed by atoms with Crippen LogP contribution in [-0.4, -0.2) is 44.2 Å². The van der Waals surface area contributed by atoms with E-state index >= 15 is 0 Å². The highest BCUT2D eigenvalue weighted by Gasteiger charge is 2.09. The number of carbonyl (C=O) groups is 1. The molecule has 0 heterocycles. The van der Waals surface area contributed by atoms with Crippen molar-refractivity contribution in [3.05, 3.63) is 24.3 Å². The number of methoxy groups -OCH3 is 1. The van der Waals surface area contributed by atoms with Crippen LogP contribution in [0.3, 0.4) is 0 Å². The van der Waals surface area contributed by atoms with Gasteiger partial charge in [-0.15, -0.1) is 0 Å². The van der Waals surface area contributed by atoms with Gasteiger partial charge in [0.1, 0.15) is 11.5 Å². The van der Waals surface area contributed by atoms with Crippen molar-refractivity contribution in [2.75, 3.05) is 33.4 Å². The zero-order chi connectivity index (χ0) is 14.8. The van der Waals surface area contributed by atoms with E-state index < -0.39 is 0 Å². The van der Waals surface area contributed by atoms with Gasteiger partial charge in [0.05, 0.1) is 13.7 Å². The molecule has 0 saturated carbocycles. The van der Waals surface area contributed by atoms with Crippen LogP contribution in [0.2, 0.25) is 0 Å². The van der Waals surface area contributed by atoms with E-state index in [0.29, 0.717) is 39.1 Å². The lowest BCUT2D eigenvalue weighted by Gasteiger charge is -2.19. The number of ether oxygens (including phenoxy) is 2. The zero-order valence-electron chi connectivity index (χ0n) is 12.3. The first-order chi connectivity index (χ1) is 9.71. The van der Waals surface area contributed by atoms with Crippen LogP contribution in [-0.2, 0) is 4.79 Å². The van der Waals surface area contributed by atoms with Gasteiger partial charge in [-0.2, -0.15) is 0 Å². The van der Waals surface area contributed by atoms with Crippen molar-refractivity contribution in [1.82, 2.24) is 4.90 Å². The molecule has 0 spiro atoms. The summed E-state index contributed by atoms with van der Waals surface area (Å²) in [6, 6.07) is 7.40. The number of rotatable bonds is 9. The molecule has 0 unspecified atom stereocenters. The minimum Gasteiger partial charge on any atom is -0.497 e. The van der Waals surface area contributed by atoms with E-state index in [0.717, 1.165) is 11.5 Å². The Kier molecular flexibility index (Phi) is 7.50. The van der Waals surface area contributed by atoms with Crippen LogP contribution in [0.1, 0.15) is 19.8 Å². The number of nitrogens with zero attached hydrogens (tertiary/aromatic N) is 1. The van der Waals surface area contributed by atoms with Gasteiger partial charge in [0.15, 0.2) is 0 Å². The predicted molar refractivity (Wildman–Crippen MR) is 79.0 cm³/mol. The highest BCUT2D eigenvalue weighted by molar-refractivity contribution is 5.76. The maximum Gasteiger partial charge on any atom is 0.222 e. The third kappa shape index (κ3) is 5.48. The first kappa shape index (κ1) is 16.3. The van der Waals surface area contributed by atoms with Crippen molar-refractivity contribution in [1.29, 1.82) is 0 Å². The summed E-state index contributed by atoms with van der Waals surface area (Å²) in [4.78, 5) is 13.6. The molecule has 0 atom stereocenters. The van der Waals surface area contributed by atoms with Crippen LogP contribution in [0, 0.1) is 0 Å². The molecule has 0 aliphatic heterocycles. The topological polar surface area (TPSA) is 64.8 Å². The highest BCUT2D eigenvalue weighted by atomic mass is 16.5. The van der Waals surface area contributed by atoms with Crippen molar-refractivity contribution in [3.8, 4) is 11.5 Å². The number of hydrogen-bond acceptors (Lipinski definition) is 4. The molecule has 0 bridgehead atoms. The monoisotopic (exact) mass is 280 g/mol. The number of benzene rings is 1. The second-order valence-corrected chi connectivity index (χ2v) is 4.39. The Labute approximate surface area is 120 Å². The molecule has 0 saturated heterocycles. The van der Waals surface area contributed by atoms with Gasteiger partial charge in [0.25, 0.3) is 0 Å². The van der Waals surface area contributed by atoms with Gasteiger partial charge in [-0.1, -0.05) is 0 Å². The number of nitrogens with two attached hydrogens (primary N) is 1. The standard InChI is InChI=1S/C15H24N2O3/c1-3-17(11-10-16)15(18)5-4-12-20-14-8-6-13(19-2)7-9-14/h6-9H,3-5,10-12,16H2,1-2H3. The van der Waals surface area contributed by atoms with E-state index in [1.165, 1.54) is 0 Å². The number of hydrogen-bond donors (Lipinski definition) is 1. The first-order valence-electron chi connectivity index (χ1n) is 6.96. The van der Waals surface area contributed by atoms with Gasteiger partial charge in [-0.25, -0.2) is 0 Å². The molecule has 1 aromatic carbocycles. The lowest BCUT2D eigenvalue weighted by Crippen LogP contribution is -2.35. The smallest absolute Gasteiger partial charge is 0.222 e. The lowest BCUT2D eigenvalue weighted by molar-refractivity contribution is -0.131. The molecular formula is C15H24N2O3. The SMILES string of the molecule is CCN(CCN)C(=O)CCCOc1ccc(OC)cc1. The molecule has 1 rings (SSSR count). The minimum atomic E-state index is 0.135. The van der Waals surface area contributed by atoms with Crippen LogP contribution in [0.5, 0.6) is 11.5 Å². The summed E-state index contributed by atoms with van der Waals surface area (Å²) < 4.78 is 10.7. The van der Waals surface area contributed by atoms with Crippen molar-refractivity contribution >= 4 is 5.91 Å². The highest BCUT2D eigenvalue weighted by Crippen LogP contribution is 2.17. The van der Waals surface area contributed by atoms with Crippen molar-refractivity contribution < 1.29 is 14.3 Å². The van der Waals surface area contributed by atoms with Crippen LogP contribution in [0.15, 0.2) is 24.3 Å². The Morgan fingerprint density at radius 1 is 1.25 bits per heavy atom. The first-order valence-corrected chi connectivity index (χ1v) is 6.96. The quantitative estimate of drug-likeness (QED) is 0.699. The molecule has 1 aromatic rings. The van der Waals surface area contributed by atoms with Crippen molar-refractivity contribution in [2.45, 2.75) is 19.8 Å². The van der Waals surface area contributed by atoms with Gasteiger partial charge in [0, 0.05) is 26.1 Å². The Hall–Kier alpha value is -1.75. The van der Waals surface area contributed by atoms with E-state index in [1.54, 1.807) is 12.0 Å². The van der Waals surface area contributed by atoms with E-state index in [4.69, 9.17) is 15.2 Å².